The third-order valence-electron chi connectivity index (χ3n) is 2.95. The Morgan fingerprint density at radius 2 is 2.16 bits per heavy atom. The number of carbonyl (C=O) groups is 1. The molecule has 0 saturated carbocycles. The van der Waals surface area contributed by atoms with Crippen LogP contribution in [0.15, 0.2) is 35.1 Å². The van der Waals surface area contributed by atoms with E-state index in [1.54, 1.807) is 17.8 Å². The van der Waals surface area contributed by atoms with E-state index in [0.717, 1.165) is 21.3 Å². The quantitative estimate of drug-likeness (QED) is 0.815. The van der Waals surface area contributed by atoms with Crippen LogP contribution in [-0.2, 0) is 9.53 Å². The zero-order valence-electron chi connectivity index (χ0n) is 11.1. The van der Waals surface area contributed by atoms with Crippen molar-refractivity contribution in [3.8, 4) is 5.69 Å². The lowest BCUT2D eigenvalue weighted by molar-refractivity contribution is -0.141. The summed E-state index contributed by atoms with van der Waals surface area (Å²) in [4.78, 5) is 11.5. The molecular weight excluding hydrogens is 308 g/mol. The Morgan fingerprint density at radius 3 is 2.79 bits per heavy atom. The molecule has 5 heteroatoms. The van der Waals surface area contributed by atoms with Gasteiger partial charge in [0.1, 0.15) is 0 Å². The van der Waals surface area contributed by atoms with E-state index in [1.165, 1.54) is 7.11 Å². The highest BCUT2D eigenvalue weighted by molar-refractivity contribution is 9.10. The summed E-state index contributed by atoms with van der Waals surface area (Å²) in [6, 6.07) is 6.04. The van der Waals surface area contributed by atoms with Gasteiger partial charge >= 0.3 is 5.97 Å². The van der Waals surface area contributed by atoms with Gasteiger partial charge in [-0.1, -0.05) is 15.9 Å². The van der Waals surface area contributed by atoms with Crippen molar-refractivity contribution < 1.29 is 9.53 Å². The van der Waals surface area contributed by atoms with E-state index in [0.29, 0.717) is 0 Å². The van der Waals surface area contributed by atoms with E-state index in [2.05, 4.69) is 21.0 Å². The Labute approximate surface area is 120 Å². The molecule has 2 rings (SSSR count). The number of benzene rings is 1. The average molecular weight is 323 g/mol. The lowest BCUT2D eigenvalue weighted by Crippen LogP contribution is -2.10. The summed E-state index contributed by atoms with van der Waals surface area (Å²) in [5.74, 6) is -0.572. The zero-order chi connectivity index (χ0) is 14.0. The molecule has 4 nitrogen and oxygen atoms in total. The Hall–Kier alpha value is -1.62. The fourth-order valence-corrected chi connectivity index (χ4v) is 2.46. The second-order valence-corrected chi connectivity index (χ2v) is 5.37. The van der Waals surface area contributed by atoms with Crippen LogP contribution in [0.3, 0.4) is 0 Å². The first-order valence-electron chi connectivity index (χ1n) is 5.91. The predicted molar refractivity (Wildman–Crippen MR) is 76.4 cm³/mol. The van der Waals surface area contributed by atoms with Crippen molar-refractivity contribution >= 4 is 21.9 Å². The van der Waals surface area contributed by atoms with Crippen LogP contribution < -0.4 is 0 Å². The molecule has 0 saturated heterocycles. The minimum Gasteiger partial charge on any atom is -0.469 e. The molecule has 0 aliphatic heterocycles. The molecule has 19 heavy (non-hydrogen) atoms. The van der Waals surface area contributed by atoms with Gasteiger partial charge in [0.25, 0.3) is 0 Å². The first-order chi connectivity index (χ1) is 9.01. The number of halogens is 1. The molecule has 0 amide bonds. The topological polar surface area (TPSA) is 44.1 Å². The minimum atomic E-state index is -0.313. The molecule has 0 fully saturated rings. The standard InChI is InChI=1S/C14H15BrN2O2/c1-9-4-12(15)6-13(5-9)17-8-11(7-16-17)10(2)14(18)19-3/h4-8,10H,1-3H3. The molecule has 2 aromatic rings. The number of aromatic nitrogens is 2. The molecular formula is C14H15BrN2O2. The smallest absolute Gasteiger partial charge is 0.312 e. The number of rotatable bonds is 3. The molecule has 0 radical (unpaired) electrons. The molecule has 1 unspecified atom stereocenters. The maximum Gasteiger partial charge on any atom is 0.312 e. The molecule has 0 N–H and O–H groups in total. The average Bonchev–Trinajstić information content (AvgIpc) is 2.85. The number of aryl methyl sites for hydroxylation is 1. The fourth-order valence-electron chi connectivity index (χ4n) is 1.86. The van der Waals surface area contributed by atoms with Crippen LogP contribution in [0.2, 0.25) is 0 Å². The molecule has 0 aliphatic carbocycles. The van der Waals surface area contributed by atoms with Crippen LogP contribution in [0.1, 0.15) is 24.0 Å². The van der Waals surface area contributed by atoms with Crippen molar-refractivity contribution in [1.82, 2.24) is 9.78 Å². The summed E-state index contributed by atoms with van der Waals surface area (Å²) >= 11 is 3.47. The van der Waals surface area contributed by atoms with Crippen molar-refractivity contribution in [2.24, 2.45) is 0 Å². The number of ether oxygens (including phenoxy) is 1. The predicted octanol–water partition coefficient (Wildman–Crippen LogP) is 3.22. The van der Waals surface area contributed by atoms with Gasteiger partial charge in [-0.2, -0.15) is 5.10 Å². The van der Waals surface area contributed by atoms with Gasteiger partial charge in [-0.15, -0.1) is 0 Å². The van der Waals surface area contributed by atoms with Crippen molar-refractivity contribution in [2.75, 3.05) is 7.11 Å². The van der Waals surface area contributed by atoms with Gasteiger partial charge in [-0.05, 0) is 37.6 Å². The number of nitrogens with zero attached hydrogens (tertiary/aromatic N) is 2. The highest BCUT2D eigenvalue weighted by Crippen LogP contribution is 2.21. The summed E-state index contributed by atoms with van der Waals surface area (Å²) in [5, 5.41) is 4.29. The molecule has 1 aromatic heterocycles. The number of methoxy groups -OCH3 is 1. The van der Waals surface area contributed by atoms with E-state index < -0.39 is 0 Å². The molecule has 0 aliphatic rings. The van der Waals surface area contributed by atoms with Crippen molar-refractivity contribution in [2.45, 2.75) is 19.8 Å². The fraction of sp³-hybridized carbons (Fsp3) is 0.286. The minimum absolute atomic E-state index is 0.259. The van der Waals surface area contributed by atoms with Gasteiger partial charge in [-0.3, -0.25) is 4.79 Å². The summed E-state index contributed by atoms with van der Waals surface area (Å²) in [6.07, 6.45) is 3.54. The monoisotopic (exact) mass is 322 g/mol. The van der Waals surface area contributed by atoms with Gasteiger partial charge in [0.15, 0.2) is 0 Å². The maximum atomic E-state index is 11.5. The Bertz CT molecular complexity index is 587. The van der Waals surface area contributed by atoms with Crippen molar-refractivity contribution in [3.05, 3.63) is 46.2 Å². The van der Waals surface area contributed by atoms with Crippen LogP contribution in [0, 0.1) is 6.92 Å². The Kier molecular flexibility index (Phi) is 4.04. The van der Waals surface area contributed by atoms with Gasteiger partial charge in [0.2, 0.25) is 0 Å². The van der Waals surface area contributed by atoms with Crippen LogP contribution in [0.5, 0.6) is 0 Å². The van der Waals surface area contributed by atoms with Crippen molar-refractivity contribution in [1.29, 1.82) is 0 Å². The molecule has 100 valence electrons. The number of hydrogen-bond acceptors (Lipinski definition) is 3. The molecule has 1 atom stereocenters. The third-order valence-corrected chi connectivity index (χ3v) is 3.41. The Balaban J connectivity index is 2.33. The van der Waals surface area contributed by atoms with Crippen LogP contribution in [0.4, 0.5) is 0 Å². The van der Waals surface area contributed by atoms with Crippen LogP contribution in [-0.4, -0.2) is 22.9 Å². The third kappa shape index (κ3) is 3.04. The second kappa shape index (κ2) is 5.57. The summed E-state index contributed by atoms with van der Waals surface area (Å²) in [6.45, 7) is 3.83. The molecule has 1 aromatic carbocycles. The van der Waals surface area contributed by atoms with Gasteiger partial charge < -0.3 is 4.74 Å². The van der Waals surface area contributed by atoms with Gasteiger partial charge in [0.05, 0.1) is 24.9 Å². The van der Waals surface area contributed by atoms with Crippen molar-refractivity contribution in [3.63, 3.8) is 0 Å². The molecule has 1 heterocycles. The highest BCUT2D eigenvalue weighted by Gasteiger charge is 2.17. The lowest BCUT2D eigenvalue weighted by atomic mass is 10.1. The number of esters is 1. The van der Waals surface area contributed by atoms with E-state index in [-0.39, 0.29) is 11.9 Å². The van der Waals surface area contributed by atoms with E-state index >= 15 is 0 Å². The van der Waals surface area contributed by atoms with Crippen LogP contribution in [0.25, 0.3) is 5.69 Å². The molecule has 0 bridgehead atoms. The normalized spacial score (nSPS) is 12.2. The highest BCUT2D eigenvalue weighted by atomic mass is 79.9. The first-order valence-corrected chi connectivity index (χ1v) is 6.70. The summed E-state index contributed by atoms with van der Waals surface area (Å²) in [5.41, 5.74) is 2.93. The largest absolute Gasteiger partial charge is 0.469 e. The van der Waals surface area contributed by atoms with Crippen LogP contribution >= 0.6 is 15.9 Å². The molecule has 0 spiro atoms. The maximum absolute atomic E-state index is 11.5. The van der Waals surface area contributed by atoms with E-state index in [4.69, 9.17) is 4.74 Å². The Morgan fingerprint density at radius 1 is 1.42 bits per heavy atom. The lowest BCUT2D eigenvalue weighted by Gasteiger charge is -2.06. The second-order valence-electron chi connectivity index (χ2n) is 4.45. The van der Waals surface area contributed by atoms with Gasteiger partial charge in [-0.25, -0.2) is 4.68 Å². The van der Waals surface area contributed by atoms with E-state index in [9.17, 15) is 4.79 Å². The number of hydrogen-bond donors (Lipinski definition) is 0. The first kappa shape index (κ1) is 13.8. The SMILES string of the molecule is COC(=O)C(C)c1cnn(-c2cc(C)cc(Br)c2)c1. The number of carbonyl (C=O) groups excluding carboxylic acids is 1. The summed E-state index contributed by atoms with van der Waals surface area (Å²) < 4.78 is 7.49. The van der Waals surface area contributed by atoms with Gasteiger partial charge in [0, 0.05) is 16.2 Å². The van der Waals surface area contributed by atoms with E-state index in [1.807, 2.05) is 31.3 Å². The zero-order valence-corrected chi connectivity index (χ0v) is 12.6. The summed E-state index contributed by atoms with van der Waals surface area (Å²) in [7, 11) is 1.39.